The summed E-state index contributed by atoms with van der Waals surface area (Å²) in [7, 11) is 0. The number of pyridine rings is 1. The van der Waals surface area contributed by atoms with Crippen molar-refractivity contribution in [3.63, 3.8) is 0 Å². The van der Waals surface area contributed by atoms with Gasteiger partial charge in [-0.25, -0.2) is 5.43 Å². The van der Waals surface area contributed by atoms with Crippen LogP contribution >= 0.6 is 0 Å². The van der Waals surface area contributed by atoms with Crippen molar-refractivity contribution in [1.82, 2.24) is 15.7 Å². The highest BCUT2D eigenvalue weighted by Crippen LogP contribution is 2.17. The van der Waals surface area contributed by atoms with Gasteiger partial charge in [0.2, 0.25) is 5.91 Å². The molecule has 0 bridgehead atoms. The molecule has 1 aromatic heterocycles. The van der Waals surface area contributed by atoms with Crippen LogP contribution in [-0.4, -0.2) is 28.6 Å². The number of rotatable bonds is 5. The van der Waals surface area contributed by atoms with Gasteiger partial charge < -0.3 is 5.32 Å². The number of aromatic nitrogens is 1. The van der Waals surface area contributed by atoms with E-state index in [4.69, 9.17) is 0 Å². The summed E-state index contributed by atoms with van der Waals surface area (Å²) in [5, 5.41) is 6.97. The molecule has 1 saturated carbocycles. The van der Waals surface area contributed by atoms with Gasteiger partial charge in [-0.1, -0.05) is 25.3 Å². The van der Waals surface area contributed by atoms with E-state index >= 15 is 0 Å². The Balaban J connectivity index is 1.77. The summed E-state index contributed by atoms with van der Waals surface area (Å²) in [4.78, 5) is 27.6. The van der Waals surface area contributed by atoms with E-state index < -0.39 is 0 Å². The predicted molar refractivity (Wildman–Crippen MR) is 84.4 cm³/mol. The molecule has 0 aromatic carbocycles. The lowest BCUT2D eigenvalue weighted by atomic mass is 9.95. The second kappa shape index (κ2) is 8.26. The van der Waals surface area contributed by atoms with Crippen LogP contribution in [0.25, 0.3) is 0 Å². The SMILES string of the molecule is CC(CC(=O)NC1CCCCC1)=NNC(=O)c1ccccn1. The fourth-order valence-electron chi connectivity index (χ4n) is 2.50. The molecule has 2 rings (SSSR count). The van der Waals surface area contributed by atoms with Crippen molar-refractivity contribution in [2.75, 3.05) is 0 Å². The van der Waals surface area contributed by atoms with Crippen LogP contribution in [0.1, 0.15) is 55.9 Å². The Morgan fingerprint density at radius 2 is 2.05 bits per heavy atom. The van der Waals surface area contributed by atoms with Crippen LogP contribution in [-0.2, 0) is 4.79 Å². The average molecular weight is 302 g/mol. The molecule has 0 spiro atoms. The van der Waals surface area contributed by atoms with Gasteiger partial charge in [0.05, 0.1) is 6.42 Å². The molecule has 0 unspecified atom stereocenters. The van der Waals surface area contributed by atoms with Gasteiger partial charge in [-0.15, -0.1) is 0 Å². The number of nitrogens with zero attached hydrogens (tertiary/aromatic N) is 2. The smallest absolute Gasteiger partial charge is 0.289 e. The molecule has 22 heavy (non-hydrogen) atoms. The molecule has 0 saturated heterocycles. The molecule has 1 heterocycles. The van der Waals surface area contributed by atoms with E-state index in [0.717, 1.165) is 12.8 Å². The Labute approximate surface area is 130 Å². The molecule has 2 N–H and O–H groups in total. The van der Waals surface area contributed by atoms with Crippen LogP contribution in [0.5, 0.6) is 0 Å². The summed E-state index contributed by atoms with van der Waals surface area (Å²) in [5.41, 5.74) is 3.28. The number of hydrazone groups is 1. The number of hydrogen-bond acceptors (Lipinski definition) is 4. The van der Waals surface area contributed by atoms with E-state index in [2.05, 4.69) is 20.8 Å². The molecule has 0 atom stereocenters. The van der Waals surface area contributed by atoms with Crippen molar-refractivity contribution in [1.29, 1.82) is 0 Å². The summed E-state index contributed by atoms with van der Waals surface area (Å²) in [5.74, 6) is -0.423. The van der Waals surface area contributed by atoms with Gasteiger partial charge in [0.15, 0.2) is 0 Å². The molecule has 6 heteroatoms. The van der Waals surface area contributed by atoms with E-state index in [1.807, 2.05) is 0 Å². The van der Waals surface area contributed by atoms with Crippen molar-refractivity contribution in [2.45, 2.75) is 51.5 Å². The lowest BCUT2D eigenvalue weighted by Gasteiger charge is -2.22. The van der Waals surface area contributed by atoms with Gasteiger partial charge in [-0.2, -0.15) is 5.10 Å². The highest BCUT2D eigenvalue weighted by Gasteiger charge is 2.16. The lowest BCUT2D eigenvalue weighted by molar-refractivity contribution is -0.120. The first-order valence-corrected chi connectivity index (χ1v) is 7.69. The van der Waals surface area contributed by atoms with Gasteiger partial charge >= 0.3 is 0 Å². The topological polar surface area (TPSA) is 83.5 Å². The monoisotopic (exact) mass is 302 g/mol. The first-order valence-electron chi connectivity index (χ1n) is 7.69. The standard InChI is InChI=1S/C16H22N4O2/c1-12(11-15(21)18-13-7-3-2-4-8-13)19-20-16(22)14-9-5-6-10-17-14/h5-6,9-10,13H,2-4,7-8,11H2,1H3,(H,18,21)(H,20,22). The second-order valence-corrected chi connectivity index (χ2v) is 5.58. The van der Waals surface area contributed by atoms with Crippen molar-refractivity contribution in [2.24, 2.45) is 5.10 Å². The van der Waals surface area contributed by atoms with E-state index in [-0.39, 0.29) is 24.3 Å². The van der Waals surface area contributed by atoms with E-state index in [9.17, 15) is 9.59 Å². The minimum absolute atomic E-state index is 0.0414. The number of carbonyl (C=O) groups excluding carboxylic acids is 2. The number of carbonyl (C=O) groups is 2. The van der Waals surface area contributed by atoms with Crippen molar-refractivity contribution in [3.05, 3.63) is 30.1 Å². The quantitative estimate of drug-likeness (QED) is 0.645. The first kappa shape index (κ1) is 16.1. The third-order valence-electron chi connectivity index (χ3n) is 3.63. The zero-order valence-corrected chi connectivity index (χ0v) is 12.8. The summed E-state index contributed by atoms with van der Waals surface area (Å²) >= 11 is 0. The van der Waals surface area contributed by atoms with Crippen LogP contribution in [0.2, 0.25) is 0 Å². The van der Waals surface area contributed by atoms with Crippen molar-refractivity contribution < 1.29 is 9.59 Å². The Morgan fingerprint density at radius 1 is 1.27 bits per heavy atom. The Bertz CT molecular complexity index is 536. The Kier molecular flexibility index (Phi) is 6.06. The highest BCUT2D eigenvalue weighted by molar-refractivity contribution is 6.01. The van der Waals surface area contributed by atoms with Gasteiger partial charge in [-0.3, -0.25) is 14.6 Å². The lowest BCUT2D eigenvalue weighted by Crippen LogP contribution is -2.37. The van der Waals surface area contributed by atoms with Gasteiger partial charge in [0.1, 0.15) is 5.69 Å². The third-order valence-corrected chi connectivity index (χ3v) is 3.63. The average Bonchev–Trinajstić information content (AvgIpc) is 2.54. The van der Waals surface area contributed by atoms with Gasteiger partial charge in [0.25, 0.3) is 5.91 Å². The van der Waals surface area contributed by atoms with E-state index in [1.54, 1.807) is 31.3 Å². The van der Waals surface area contributed by atoms with Gasteiger partial charge in [0, 0.05) is 18.0 Å². The van der Waals surface area contributed by atoms with Crippen LogP contribution in [0, 0.1) is 0 Å². The third kappa shape index (κ3) is 5.27. The first-order chi connectivity index (χ1) is 10.6. The van der Waals surface area contributed by atoms with Crippen LogP contribution in [0.4, 0.5) is 0 Å². The summed E-state index contributed by atoms with van der Waals surface area (Å²) in [6, 6.07) is 5.37. The minimum Gasteiger partial charge on any atom is -0.353 e. The van der Waals surface area contributed by atoms with E-state index in [0.29, 0.717) is 11.4 Å². The summed E-state index contributed by atoms with van der Waals surface area (Å²) in [6.45, 7) is 1.72. The van der Waals surface area contributed by atoms with E-state index in [1.165, 1.54) is 19.3 Å². The van der Waals surface area contributed by atoms with Gasteiger partial charge in [-0.05, 0) is 31.9 Å². The molecule has 6 nitrogen and oxygen atoms in total. The molecule has 0 radical (unpaired) electrons. The Morgan fingerprint density at radius 3 is 2.73 bits per heavy atom. The normalized spacial score (nSPS) is 16.1. The molecule has 2 amide bonds. The fraction of sp³-hybridized carbons (Fsp3) is 0.500. The predicted octanol–water partition coefficient (Wildman–Crippen LogP) is 2.03. The molecule has 118 valence electrons. The fourth-order valence-corrected chi connectivity index (χ4v) is 2.50. The summed E-state index contributed by atoms with van der Waals surface area (Å²) < 4.78 is 0. The molecule has 1 aromatic rings. The molecule has 1 aliphatic carbocycles. The maximum atomic E-state index is 11.9. The van der Waals surface area contributed by atoms with Crippen LogP contribution in [0.3, 0.4) is 0 Å². The van der Waals surface area contributed by atoms with Crippen molar-refractivity contribution >= 4 is 17.5 Å². The highest BCUT2D eigenvalue weighted by atomic mass is 16.2. The second-order valence-electron chi connectivity index (χ2n) is 5.58. The number of hydrogen-bond donors (Lipinski definition) is 2. The zero-order chi connectivity index (χ0) is 15.8. The minimum atomic E-state index is -0.382. The molecular weight excluding hydrogens is 280 g/mol. The molecular formula is C16H22N4O2. The largest absolute Gasteiger partial charge is 0.353 e. The maximum Gasteiger partial charge on any atom is 0.289 e. The summed E-state index contributed by atoms with van der Waals surface area (Å²) in [6.07, 6.45) is 7.46. The van der Waals surface area contributed by atoms with Crippen LogP contribution in [0.15, 0.2) is 29.5 Å². The van der Waals surface area contributed by atoms with Crippen molar-refractivity contribution in [3.8, 4) is 0 Å². The molecule has 0 aliphatic heterocycles. The molecule has 1 fully saturated rings. The number of amides is 2. The Hall–Kier alpha value is -2.24. The number of nitrogens with one attached hydrogen (secondary N) is 2. The van der Waals surface area contributed by atoms with Crippen LogP contribution < -0.4 is 10.7 Å². The molecule has 1 aliphatic rings. The maximum absolute atomic E-state index is 11.9. The zero-order valence-electron chi connectivity index (χ0n) is 12.8.